The third-order valence-corrected chi connectivity index (χ3v) is 8.46. The molecule has 1 aliphatic heterocycles. The largest absolute Gasteiger partial charge is 0.462 e. The van der Waals surface area contributed by atoms with Crippen LogP contribution in [-0.4, -0.2) is 89.0 Å². The van der Waals surface area contributed by atoms with Crippen LogP contribution in [-0.2, 0) is 28.5 Å². The average molecular weight is 709 g/mol. The van der Waals surface area contributed by atoms with Crippen LogP contribution in [0.4, 0.5) is 0 Å². The summed E-state index contributed by atoms with van der Waals surface area (Å²) in [6.45, 7) is 3.20. The highest BCUT2D eigenvalue weighted by molar-refractivity contribution is 5.70. The van der Waals surface area contributed by atoms with Gasteiger partial charge in [0.15, 0.2) is 12.4 Å². The zero-order valence-corrected chi connectivity index (χ0v) is 30.9. The number of ether oxygens (including phenoxy) is 4. The molecule has 3 unspecified atom stereocenters. The summed E-state index contributed by atoms with van der Waals surface area (Å²) in [6.07, 6.45) is 27.1. The number of hydrogen-bond acceptors (Lipinski definition) is 10. The van der Waals surface area contributed by atoms with E-state index in [-0.39, 0.29) is 26.1 Å². The Morgan fingerprint density at radius 3 is 1.84 bits per heavy atom. The van der Waals surface area contributed by atoms with Crippen molar-refractivity contribution in [3.63, 3.8) is 0 Å². The van der Waals surface area contributed by atoms with Crippen molar-refractivity contribution in [2.24, 2.45) is 0 Å². The van der Waals surface area contributed by atoms with Crippen molar-refractivity contribution in [1.29, 1.82) is 0 Å². The summed E-state index contributed by atoms with van der Waals surface area (Å²) < 4.78 is 21.9. The van der Waals surface area contributed by atoms with Crippen molar-refractivity contribution in [3.05, 3.63) is 48.6 Å². The lowest BCUT2D eigenvalue weighted by Crippen LogP contribution is -2.59. The Balaban J connectivity index is 2.46. The number of esters is 2. The van der Waals surface area contributed by atoms with E-state index in [1.165, 1.54) is 38.5 Å². The summed E-state index contributed by atoms with van der Waals surface area (Å²) in [6, 6.07) is 0. The van der Waals surface area contributed by atoms with Gasteiger partial charge in [-0.1, -0.05) is 114 Å². The number of aliphatic hydroxyl groups excluding tert-OH is 4. The van der Waals surface area contributed by atoms with Crippen molar-refractivity contribution in [2.45, 2.75) is 173 Å². The van der Waals surface area contributed by atoms with E-state index < -0.39 is 55.4 Å². The van der Waals surface area contributed by atoms with E-state index >= 15 is 0 Å². The molecule has 0 spiro atoms. The minimum atomic E-state index is -1.61. The van der Waals surface area contributed by atoms with Gasteiger partial charge >= 0.3 is 11.9 Å². The van der Waals surface area contributed by atoms with Gasteiger partial charge < -0.3 is 39.4 Å². The molecule has 1 saturated heterocycles. The topological polar surface area (TPSA) is 152 Å². The maximum atomic E-state index is 12.6. The van der Waals surface area contributed by atoms with Gasteiger partial charge in [-0.25, -0.2) is 0 Å². The predicted molar refractivity (Wildman–Crippen MR) is 196 cm³/mol. The minimum Gasteiger partial charge on any atom is -0.462 e. The Hall–Kier alpha value is -2.34. The van der Waals surface area contributed by atoms with Crippen LogP contribution in [0.3, 0.4) is 0 Å². The first-order valence-corrected chi connectivity index (χ1v) is 19.2. The summed E-state index contributed by atoms with van der Waals surface area (Å²) in [5.41, 5.74) is 0. The first-order valence-electron chi connectivity index (χ1n) is 19.2. The first-order chi connectivity index (χ1) is 24.3. The zero-order chi connectivity index (χ0) is 36.7. The molecule has 0 saturated carbocycles. The molecule has 0 aliphatic carbocycles. The highest BCUT2D eigenvalue weighted by Gasteiger charge is 2.44. The monoisotopic (exact) mass is 708 g/mol. The smallest absolute Gasteiger partial charge is 0.306 e. The molecule has 1 aliphatic rings. The van der Waals surface area contributed by atoms with E-state index in [9.17, 15) is 30.0 Å². The van der Waals surface area contributed by atoms with Gasteiger partial charge in [-0.15, -0.1) is 0 Å². The summed E-state index contributed by atoms with van der Waals surface area (Å²) in [5, 5.41) is 39.9. The zero-order valence-electron chi connectivity index (χ0n) is 30.9. The van der Waals surface area contributed by atoms with Gasteiger partial charge in [0.25, 0.3) is 0 Å². The highest BCUT2D eigenvalue weighted by atomic mass is 16.7. The van der Waals surface area contributed by atoms with Crippen LogP contribution in [0, 0.1) is 0 Å². The lowest BCUT2D eigenvalue weighted by Gasteiger charge is -2.39. The second kappa shape index (κ2) is 31.4. The Kier molecular flexibility index (Phi) is 28.7. The van der Waals surface area contributed by atoms with E-state index in [1.807, 2.05) is 12.2 Å². The quantitative estimate of drug-likeness (QED) is 0.0351. The molecule has 0 radical (unpaired) electrons. The average Bonchev–Trinajstić information content (AvgIpc) is 3.11. The van der Waals surface area contributed by atoms with Crippen molar-refractivity contribution >= 4 is 11.9 Å². The fraction of sp³-hybridized carbons (Fsp3) is 0.750. The Bertz CT molecular complexity index is 960. The molecule has 1 fully saturated rings. The first kappa shape index (κ1) is 45.7. The molecule has 10 nitrogen and oxygen atoms in total. The van der Waals surface area contributed by atoms with Gasteiger partial charge in [0.2, 0.25) is 0 Å². The molecule has 0 aromatic carbocycles. The van der Waals surface area contributed by atoms with E-state index in [4.69, 9.17) is 18.9 Å². The Morgan fingerprint density at radius 2 is 1.22 bits per heavy atom. The van der Waals surface area contributed by atoms with Gasteiger partial charge in [0, 0.05) is 12.8 Å². The minimum absolute atomic E-state index is 0.119. The van der Waals surface area contributed by atoms with Gasteiger partial charge in [0.1, 0.15) is 31.0 Å². The summed E-state index contributed by atoms with van der Waals surface area (Å²) in [5.74, 6) is -0.909. The van der Waals surface area contributed by atoms with Crippen molar-refractivity contribution in [2.75, 3.05) is 19.8 Å². The molecule has 0 aromatic rings. The number of aliphatic hydroxyl groups is 4. The molecular weight excluding hydrogens is 640 g/mol. The maximum Gasteiger partial charge on any atom is 0.306 e. The summed E-state index contributed by atoms with van der Waals surface area (Å²) in [4.78, 5) is 25.1. The van der Waals surface area contributed by atoms with Crippen LogP contribution in [0.5, 0.6) is 0 Å². The van der Waals surface area contributed by atoms with Gasteiger partial charge in [0.05, 0.1) is 13.2 Å². The van der Waals surface area contributed by atoms with Gasteiger partial charge in [-0.3, -0.25) is 9.59 Å². The number of carbonyl (C=O) groups excluding carboxylic acids is 2. The SMILES string of the molecule is CC/C=C/C/C=C/CCCCCCCC(=O)OCC(CO[C@@H]1O[C@H](CO)[C@H](O)C(O)C1O)OC(=O)CC/C=C/C/C=C/CCCCCCCC. The molecule has 288 valence electrons. The normalized spacial score (nSPS) is 21.9. The number of rotatable bonds is 30. The highest BCUT2D eigenvalue weighted by Crippen LogP contribution is 2.22. The fourth-order valence-electron chi connectivity index (χ4n) is 5.39. The molecule has 0 amide bonds. The second-order valence-electron chi connectivity index (χ2n) is 13.0. The lowest BCUT2D eigenvalue weighted by atomic mass is 9.99. The molecule has 50 heavy (non-hydrogen) atoms. The third-order valence-electron chi connectivity index (χ3n) is 8.46. The molecular formula is C40H68O10. The number of unbranched alkanes of at least 4 members (excludes halogenated alkanes) is 11. The van der Waals surface area contributed by atoms with E-state index in [1.54, 1.807) is 0 Å². The van der Waals surface area contributed by atoms with Crippen LogP contribution in [0.2, 0.25) is 0 Å². The van der Waals surface area contributed by atoms with Crippen LogP contribution in [0.15, 0.2) is 48.6 Å². The van der Waals surface area contributed by atoms with Crippen molar-refractivity contribution in [1.82, 2.24) is 0 Å². The van der Waals surface area contributed by atoms with Crippen LogP contribution >= 0.6 is 0 Å². The Labute approximate surface area is 301 Å². The molecule has 1 rings (SSSR count). The summed E-state index contributed by atoms with van der Waals surface area (Å²) >= 11 is 0. The van der Waals surface area contributed by atoms with E-state index in [0.717, 1.165) is 57.8 Å². The van der Waals surface area contributed by atoms with E-state index in [0.29, 0.717) is 12.8 Å². The maximum absolute atomic E-state index is 12.6. The molecule has 1 heterocycles. The van der Waals surface area contributed by atoms with E-state index in [2.05, 4.69) is 50.3 Å². The number of hydrogen-bond donors (Lipinski definition) is 4. The molecule has 0 aromatic heterocycles. The van der Waals surface area contributed by atoms with Crippen LogP contribution in [0.1, 0.15) is 136 Å². The lowest BCUT2D eigenvalue weighted by molar-refractivity contribution is -0.305. The summed E-state index contributed by atoms with van der Waals surface area (Å²) in [7, 11) is 0. The van der Waals surface area contributed by atoms with Gasteiger partial charge in [-0.2, -0.15) is 0 Å². The predicted octanol–water partition coefficient (Wildman–Crippen LogP) is 6.93. The number of allylic oxidation sites excluding steroid dienone is 8. The second-order valence-corrected chi connectivity index (χ2v) is 13.0. The molecule has 10 heteroatoms. The fourth-order valence-corrected chi connectivity index (χ4v) is 5.39. The van der Waals surface area contributed by atoms with Crippen molar-refractivity contribution < 1.29 is 49.0 Å². The Morgan fingerprint density at radius 1 is 0.640 bits per heavy atom. The molecule has 0 bridgehead atoms. The molecule has 6 atom stereocenters. The molecule has 4 N–H and O–H groups in total. The third kappa shape index (κ3) is 23.2. The number of carbonyl (C=O) groups is 2. The van der Waals surface area contributed by atoms with Gasteiger partial charge in [-0.05, 0) is 57.8 Å². The standard InChI is InChI=1S/C40H68O10/c1-3-5-7-9-11-13-15-17-19-21-23-25-27-29-36(43)49-33(32-48-40-39(46)38(45)37(44)34(30-41)50-40)31-47-35(42)28-26-24-22-20-18-16-14-12-10-8-6-4-2/h6,8,12,14,17,19,23,25,33-34,37-41,44-46H,3-5,7,9-11,13,15-16,18,20-22,24,26-32H2,1-2H3/b8-6+,14-12+,19-17+,25-23+/t33?,34-,37+,38?,39?,40-/m1/s1. The van der Waals surface area contributed by atoms with Crippen LogP contribution in [0.25, 0.3) is 0 Å². The van der Waals surface area contributed by atoms with Crippen LogP contribution < -0.4 is 0 Å². The van der Waals surface area contributed by atoms with Crippen molar-refractivity contribution in [3.8, 4) is 0 Å².